The van der Waals surface area contributed by atoms with E-state index in [1.165, 1.54) is 55.1 Å². The monoisotopic (exact) mass is 562 g/mol. The van der Waals surface area contributed by atoms with Crippen LogP contribution in [0.2, 0.25) is 5.02 Å². The van der Waals surface area contributed by atoms with Gasteiger partial charge in [0.1, 0.15) is 11.4 Å². The summed E-state index contributed by atoms with van der Waals surface area (Å²) in [5.74, 6) is -1.38. The van der Waals surface area contributed by atoms with Gasteiger partial charge >= 0.3 is 6.09 Å². The Labute approximate surface area is 225 Å². The smallest absolute Gasteiger partial charge is 0.407 e. The van der Waals surface area contributed by atoms with Crippen LogP contribution in [-0.4, -0.2) is 36.2 Å². The average Bonchev–Trinajstić information content (AvgIpc) is 2.82. The van der Waals surface area contributed by atoms with Crippen molar-refractivity contribution in [3.8, 4) is 11.1 Å². The quantitative estimate of drug-likeness (QED) is 0.410. The summed E-state index contributed by atoms with van der Waals surface area (Å²) in [6.07, 6.45) is 0.732. The van der Waals surface area contributed by atoms with E-state index in [2.05, 4.69) is 5.32 Å². The van der Waals surface area contributed by atoms with E-state index < -0.39 is 33.1 Å². The number of sulfone groups is 1. The van der Waals surface area contributed by atoms with Crippen LogP contribution in [-0.2, 0) is 28.2 Å². The summed E-state index contributed by atoms with van der Waals surface area (Å²) < 4.78 is 45.6. The van der Waals surface area contributed by atoms with Gasteiger partial charge in [-0.3, -0.25) is 9.59 Å². The van der Waals surface area contributed by atoms with Crippen LogP contribution in [0.5, 0.6) is 0 Å². The van der Waals surface area contributed by atoms with Gasteiger partial charge in [-0.2, -0.15) is 0 Å². The molecule has 1 aromatic heterocycles. The van der Waals surface area contributed by atoms with Crippen molar-refractivity contribution in [3.05, 3.63) is 86.5 Å². The number of ketones is 1. The van der Waals surface area contributed by atoms with Crippen LogP contribution in [0.4, 0.5) is 9.18 Å². The highest BCUT2D eigenvalue weighted by molar-refractivity contribution is 7.91. The molecule has 0 aliphatic carbocycles. The molecule has 2 aromatic carbocycles. The molecule has 202 valence electrons. The number of halogens is 2. The number of nitrogens with one attached hydrogen (secondary N) is 1. The maximum Gasteiger partial charge on any atom is 0.407 e. The molecule has 38 heavy (non-hydrogen) atoms. The van der Waals surface area contributed by atoms with Crippen LogP contribution >= 0.6 is 11.6 Å². The number of carbonyl (C=O) groups excluding carboxylic acids is 2. The second-order valence-corrected chi connectivity index (χ2v) is 12.3. The number of alkyl carbamates (subject to hydrolysis) is 1. The Bertz CT molecular complexity index is 1580. The normalized spacial score (nSPS) is 11.8. The number of aryl methyl sites for hydroxylation is 1. The number of benzene rings is 2. The van der Waals surface area contributed by atoms with Gasteiger partial charge in [-0.25, -0.2) is 17.6 Å². The molecule has 8 nitrogen and oxygen atoms in total. The van der Waals surface area contributed by atoms with Crippen molar-refractivity contribution in [3.63, 3.8) is 0 Å². The van der Waals surface area contributed by atoms with Gasteiger partial charge in [0.25, 0.3) is 5.56 Å². The van der Waals surface area contributed by atoms with Gasteiger partial charge < -0.3 is 14.6 Å². The molecule has 0 saturated carbocycles. The molecule has 0 saturated heterocycles. The number of pyridine rings is 1. The van der Waals surface area contributed by atoms with Crippen molar-refractivity contribution in [1.82, 2.24) is 9.88 Å². The number of hydrogen-bond donors (Lipinski definition) is 1. The van der Waals surface area contributed by atoms with Crippen molar-refractivity contribution in [1.29, 1.82) is 0 Å². The summed E-state index contributed by atoms with van der Waals surface area (Å²) in [5, 5.41) is 2.48. The van der Waals surface area contributed by atoms with Gasteiger partial charge in [0, 0.05) is 42.5 Å². The van der Waals surface area contributed by atoms with Crippen molar-refractivity contribution in [2.24, 2.45) is 7.05 Å². The zero-order valence-corrected chi connectivity index (χ0v) is 23.2. The van der Waals surface area contributed by atoms with Crippen molar-refractivity contribution >= 4 is 33.3 Å². The lowest BCUT2D eigenvalue weighted by Gasteiger charge is -2.20. The summed E-state index contributed by atoms with van der Waals surface area (Å²) in [4.78, 5) is 38.3. The van der Waals surface area contributed by atoms with E-state index in [0.717, 1.165) is 12.1 Å². The molecule has 0 radical (unpaired) electrons. The minimum atomic E-state index is -3.67. The lowest BCUT2D eigenvalue weighted by atomic mass is 9.92. The SMILES string of the molecule is CCS(=O)(=O)c1ccc(C(=O)c2ccc(F)cc2Cl)c(-c2cn(C)c(=O)cc2CNC(=O)OC(C)(C)C)c1. The number of rotatable bonds is 7. The van der Waals surface area contributed by atoms with E-state index in [4.69, 9.17) is 16.3 Å². The van der Waals surface area contributed by atoms with Gasteiger partial charge in [0.05, 0.1) is 15.7 Å². The molecule has 0 spiro atoms. The lowest BCUT2D eigenvalue weighted by Crippen LogP contribution is -2.32. The van der Waals surface area contributed by atoms with Gasteiger partial charge in [-0.05, 0) is 68.3 Å². The third-order valence-corrected chi connectivity index (χ3v) is 7.62. The maximum absolute atomic E-state index is 13.6. The number of amides is 1. The minimum absolute atomic E-state index is 0.0127. The standard InChI is InChI=1S/C27H28ClFN2O6S/c1-6-38(35,36)18-8-10-19(25(33)20-9-7-17(29)12-23(20)28)21(13-18)22-15-31(5)24(32)11-16(22)14-30-26(34)37-27(2,3)4/h7-13,15H,6,14H2,1-5H3,(H,30,34). The molecular weight excluding hydrogens is 535 g/mol. The lowest BCUT2D eigenvalue weighted by molar-refractivity contribution is 0.0523. The Balaban J connectivity index is 2.23. The summed E-state index contributed by atoms with van der Waals surface area (Å²) in [6, 6.07) is 8.65. The second kappa shape index (κ2) is 11.1. The molecule has 0 aliphatic heterocycles. The van der Waals surface area contributed by atoms with Crippen molar-refractivity contribution in [2.45, 2.75) is 44.7 Å². The summed E-state index contributed by atoms with van der Waals surface area (Å²) in [7, 11) is -2.17. The predicted octanol–water partition coefficient (Wildman–Crippen LogP) is 4.89. The first-order chi connectivity index (χ1) is 17.6. The third-order valence-electron chi connectivity index (χ3n) is 5.58. The molecule has 0 unspecified atom stereocenters. The van der Waals surface area contributed by atoms with Gasteiger partial charge in [-0.15, -0.1) is 0 Å². The Kier molecular flexibility index (Phi) is 8.48. The molecule has 1 amide bonds. The second-order valence-electron chi connectivity index (χ2n) is 9.58. The summed E-state index contributed by atoms with van der Waals surface area (Å²) in [5.41, 5.74) is -0.203. The van der Waals surface area contributed by atoms with Gasteiger partial charge in [-0.1, -0.05) is 18.5 Å². The summed E-state index contributed by atoms with van der Waals surface area (Å²) in [6.45, 7) is 6.46. The highest BCUT2D eigenvalue weighted by Crippen LogP contribution is 2.32. The van der Waals surface area contributed by atoms with Gasteiger partial charge in [0.2, 0.25) is 0 Å². The Hall–Kier alpha value is -3.50. The van der Waals surface area contributed by atoms with E-state index >= 15 is 0 Å². The molecule has 0 atom stereocenters. The summed E-state index contributed by atoms with van der Waals surface area (Å²) >= 11 is 6.15. The van der Waals surface area contributed by atoms with Crippen LogP contribution in [0.25, 0.3) is 11.1 Å². The zero-order chi connectivity index (χ0) is 28.4. The molecule has 0 aliphatic rings. The number of aromatic nitrogens is 1. The third kappa shape index (κ3) is 6.68. The Morgan fingerprint density at radius 3 is 2.32 bits per heavy atom. The minimum Gasteiger partial charge on any atom is -0.444 e. The predicted molar refractivity (Wildman–Crippen MR) is 143 cm³/mol. The van der Waals surface area contributed by atoms with E-state index in [9.17, 15) is 27.2 Å². The van der Waals surface area contributed by atoms with Crippen LogP contribution < -0.4 is 10.9 Å². The first-order valence-corrected chi connectivity index (χ1v) is 13.7. The highest BCUT2D eigenvalue weighted by Gasteiger charge is 2.24. The number of ether oxygens (including phenoxy) is 1. The number of carbonyl (C=O) groups is 2. The first-order valence-electron chi connectivity index (χ1n) is 11.7. The first kappa shape index (κ1) is 29.1. The van der Waals surface area contributed by atoms with Crippen molar-refractivity contribution < 1.29 is 27.1 Å². The van der Waals surface area contributed by atoms with Crippen LogP contribution in [0.1, 0.15) is 49.2 Å². The topological polar surface area (TPSA) is 112 Å². The van der Waals surface area contributed by atoms with Crippen LogP contribution in [0.3, 0.4) is 0 Å². The molecule has 0 fully saturated rings. The molecule has 3 aromatic rings. The van der Waals surface area contributed by atoms with E-state index in [0.29, 0.717) is 11.1 Å². The molecule has 0 bridgehead atoms. The van der Waals surface area contributed by atoms with E-state index in [1.807, 2.05) is 0 Å². The largest absolute Gasteiger partial charge is 0.444 e. The Morgan fingerprint density at radius 1 is 1.05 bits per heavy atom. The van der Waals surface area contributed by atoms with Crippen LogP contribution in [0.15, 0.2) is 58.4 Å². The molecule has 1 heterocycles. The average molecular weight is 563 g/mol. The zero-order valence-electron chi connectivity index (χ0n) is 21.6. The highest BCUT2D eigenvalue weighted by atomic mass is 35.5. The molecule has 3 rings (SSSR count). The molecule has 1 N–H and O–H groups in total. The van der Waals surface area contributed by atoms with E-state index in [-0.39, 0.29) is 44.5 Å². The van der Waals surface area contributed by atoms with E-state index in [1.54, 1.807) is 20.8 Å². The molecule has 11 heteroatoms. The number of hydrogen-bond acceptors (Lipinski definition) is 6. The maximum atomic E-state index is 13.6. The number of nitrogens with zero attached hydrogens (tertiary/aromatic N) is 1. The fraction of sp³-hybridized carbons (Fsp3) is 0.296. The van der Waals surface area contributed by atoms with Crippen molar-refractivity contribution in [2.75, 3.05) is 5.75 Å². The fourth-order valence-electron chi connectivity index (χ4n) is 3.66. The van der Waals surface area contributed by atoms with Gasteiger partial charge in [0.15, 0.2) is 15.6 Å². The fourth-order valence-corrected chi connectivity index (χ4v) is 4.82. The Morgan fingerprint density at radius 2 is 1.71 bits per heavy atom. The molecular formula is C27H28ClFN2O6S. The van der Waals surface area contributed by atoms with Crippen LogP contribution in [0, 0.1) is 5.82 Å².